The summed E-state index contributed by atoms with van der Waals surface area (Å²) in [6.45, 7) is 4.29. The highest BCUT2D eigenvalue weighted by atomic mass is 127. The quantitative estimate of drug-likeness (QED) is 0.765. The Morgan fingerprint density at radius 2 is 2.08 bits per heavy atom. The number of halogens is 1. The molecule has 0 spiro atoms. The van der Waals surface area contributed by atoms with Crippen LogP contribution in [0.25, 0.3) is 0 Å². The number of rotatable bonds is 4. The topological polar surface area (TPSA) is 9.23 Å². The SMILES string of the molecule is CCCC(C)Oc1ccccc1I. The van der Waals surface area contributed by atoms with Crippen LogP contribution >= 0.6 is 22.6 Å². The van der Waals surface area contributed by atoms with Crippen molar-refractivity contribution >= 4 is 22.6 Å². The monoisotopic (exact) mass is 290 g/mol. The van der Waals surface area contributed by atoms with Crippen LogP contribution in [0.15, 0.2) is 24.3 Å². The van der Waals surface area contributed by atoms with Crippen LogP contribution in [0.3, 0.4) is 0 Å². The van der Waals surface area contributed by atoms with Gasteiger partial charge < -0.3 is 4.74 Å². The van der Waals surface area contributed by atoms with Gasteiger partial charge in [-0.1, -0.05) is 25.5 Å². The fraction of sp³-hybridized carbons (Fsp3) is 0.455. The molecule has 2 heteroatoms. The van der Waals surface area contributed by atoms with Crippen molar-refractivity contribution in [1.82, 2.24) is 0 Å². The summed E-state index contributed by atoms with van der Waals surface area (Å²) in [6.07, 6.45) is 2.61. The molecule has 1 atom stereocenters. The van der Waals surface area contributed by atoms with Gasteiger partial charge in [-0.05, 0) is 48.1 Å². The molecule has 0 amide bonds. The first-order valence-electron chi connectivity index (χ1n) is 4.65. The van der Waals surface area contributed by atoms with Crippen LogP contribution in [-0.4, -0.2) is 6.10 Å². The third-order valence-corrected chi connectivity index (χ3v) is 2.75. The van der Waals surface area contributed by atoms with Gasteiger partial charge in [-0.15, -0.1) is 0 Å². The second kappa shape index (κ2) is 5.47. The zero-order chi connectivity index (χ0) is 9.68. The van der Waals surface area contributed by atoms with Gasteiger partial charge in [-0.25, -0.2) is 0 Å². The lowest BCUT2D eigenvalue weighted by atomic mass is 10.2. The van der Waals surface area contributed by atoms with Crippen molar-refractivity contribution in [3.63, 3.8) is 0 Å². The summed E-state index contributed by atoms with van der Waals surface area (Å²) in [5.74, 6) is 1.00. The van der Waals surface area contributed by atoms with Crippen molar-refractivity contribution in [2.75, 3.05) is 0 Å². The van der Waals surface area contributed by atoms with Gasteiger partial charge in [0.2, 0.25) is 0 Å². The first-order chi connectivity index (χ1) is 6.24. The first kappa shape index (κ1) is 10.8. The molecule has 1 aromatic carbocycles. The highest BCUT2D eigenvalue weighted by Crippen LogP contribution is 2.21. The minimum absolute atomic E-state index is 0.320. The molecular formula is C11H15IO. The Hall–Kier alpha value is -0.250. The van der Waals surface area contributed by atoms with Crippen LogP contribution < -0.4 is 4.74 Å². The van der Waals surface area contributed by atoms with E-state index in [2.05, 4.69) is 42.5 Å². The molecule has 0 aromatic heterocycles. The van der Waals surface area contributed by atoms with Crippen molar-refractivity contribution in [1.29, 1.82) is 0 Å². The first-order valence-corrected chi connectivity index (χ1v) is 5.73. The van der Waals surface area contributed by atoms with E-state index in [9.17, 15) is 0 Å². The molecule has 0 N–H and O–H groups in total. The van der Waals surface area contributed by atoms with Crippen LogP contribution in [0.1, 0.15) is 26.7 Å². The molecule has 0 heterocycles. The van der Waals surface area contributed by atoms with Crippen molar-refractivity contribution in [3.8, 4) is 5.75 Å². The summed E-state index contributed by atoms with van der Waals surface area (Å²) in [5.41, 5.74) is 0. The standard InChI is InChI=1S/C11H15IO/c1-3-6-9(2)13-11-8-5-4-7-10(11)12/h4-5,7-9H,3,6H2,1-2H3. The fourth-order valence-electron chi connectivity index (χ4n) is 1.22. The maximum atomic E-state index is 5.78. The van der Waals surface area contributed by atoms with Gasteiger partial charge >= 0.3 is 0 Å². The molecule has 1 rings (SSSR count). The van der Waals surface area contributed by atoms with Crippen molar-refractivity contribution in [3.05, 3.63) is 27.8 Å². The maximum Gasteiger partial charge on any atom is 0.133 e. The zero-order valence-electron chi connectivity index (χ0n) is 8.09. The fourth-order valence-corrected chi connectivity index (χ4v) is 1.74. The van der Waals surface area contributed by atoms with Gasteiger partial charge in [0.1, 0.15) is 5.75 Å². The van der Waals surface area contributed by atoms with Gasteiger partial charge in [0.25, 0.3) is 0 Å². The summed E-state index contributed by atoms with van der Waals surface area (Å²) in [5, 5.41) is 0. The Bertz CT molecular complexity index is 260. The van der Waals surface area contributed by atoms with E-state index in [1.165, 1.54) is 9.99 Å². The van der Waals surface area contributed by atoms with Crippen LogP contribution in [0.4, 0.5) is 0 Å². The molecule has 0 aliphatic carbocycles. The van der Waals surface area contributed by atoms with Crippen molar-refractivity contribution < 1.29 is 4.74 Å². The lowest BCUT2D eigenvalue weighted by molar-refractivity contribution is 0.208. The summed E-state index contributed by atoms with van der Waals surface area (Å²) < 4.78 is 6.96. The van der Waals surface area contributed by atoms with Crippen LogP contribution in [0.5, 0.6) is 5.75 Å². The second-order valence-corrected chi connectivity index (χ2v) is 4.31. The minimum atomic E-state index is 0.320. The van der Waals surface area contributed by atoms with Gasteiger partial charge in [0, 0.05) is 0 Å². The second-order valence-electron chi connectivity index (χ2n) is 3.15. The van der Waals surface area contributed by atoms with Gasteiger partial charge in [0.15, 0.2) is 0 Å². The highest BCUT2D eigenvalue weighted by molar-refractivity contribution is 14.1. The summed E-state index contributed by atoms with van der Waals surface area (Å²) >= 11 is 2.30. The van der Waals surface area contributed by atoms with Crippen LogP contribution in [-0.2, 0) is 0 Å². The lowest BCUT2D eigenvalue weighted by Gasteiger charge is -2.14. The largest absolute Gasteiger partial charge is 0.490 e. The predicted octanol–water partition coefficient (Wildman–Crippen LogP) is 3.86. The molecule has 0 aliphatic heterocycles. The normalized spacial score (nSPS) is 12.5. The molecule has 0 fully saturated rings. The lowest BCUT2D eigenvalue weighted by Crippen LogP contribution is -2.11. The third-order valence-electron chi connectivity index (χ3n) is 1.86. The predicted molar refractivity (Wildman–Crippen MR) is 64.2 cm³/mol. The highest BCUT2D eigenvalue weighted by Gasteiger charge is 2.04. The summed E-state index contributed by atoms with van der Waals surface area (Å²) in [4.78, 5) is 0. The molecule has 0 radical (unpaired) electrons. The molecular weight excluding hydrogens is 275 g/mol. The molecule has 0 saturated carbocycles. The zero-order valence-corrected chi connectivity index (χ0v) is 10.2. The molecule has 0 saturated heterocycles. The summed E-state index contributed by atoms with van der Waals surface area (Å²) in [6, 6.07) is 8.12. The molecule has 0 bridgehead atoms. The van der Waals surface area contributed by atoms with E-state index < -0.39 is 0 Å². The van der Waals surface area contributed by atoms with E-state index in [-0.39, 0.29) is 0 Å². The molecule has 1 unspecified atom stereocenters. The van der Waals surface area contributed by atoms with Gasteiger partial charge in [0.05, 0.1) is 9.67 Å². The van der Waals surface area contributed by atoms with E-state index in [4.69, 9.17) is 4.74 Å². The van der Waals surface area contributed by atoms with Crippen LogP contribution in [0.2, 0.25) is 0 Å². The Balaban J connectivity index is 2.58. The molecule has 0 aliphatic rings. The molecule has 13 heavy (non-hydrogen) atoms. The van der Waals surface area contributed by atoms with E-state index in [1.807, 2.05) is 18.2 Å². The van der Waals surface area contributed by atoms with Crippen molar-refractivity contribution in [2.24, 2.45) is 0 Å². The Labute approximate surface area is 93.6 Å². The molecule has 72 valence electrons. The third kappa shape index (κ3) is 3.55. The number of hydrogen-bond acceptors (Lipinski definition) is 1. The van der Waals surface area contributed by atoms with E-state index in [0.717, 1.165) is 12.2 Å². The smallest absolute Gasteiger partial charge is 0.133 e. The molecule has 1 nitrogen and oxygen atoms in total. The Kier molecular flexibility index (Phi) is 4.56. The Morgan fingerprint density at radius 3 is 2.69 bits per heavy atom. The minimum Gasteiger partial charge on any atom is -0.490 e. The maximum absolute atomic E-state index is 5.78. The van der Waals surface area contributed by atoms with Crippen molar-refractivity contribution in [2.45, 2.75) is 32.8 Å². The van der Waals surface area contributed by atoms with Crippen LogP contribution in [0, 0.1) is 3.57 Å². The number of ether oxygens (including phenoxy) is 1. The van der Waals surface area contributed by atoms with E-state index in [1.54, 1.807) is 0 Å². The van der Waals surface area contributed by atoms with Gasteiger partial charge in [-0.2, -0.15) is 0 Å². The van der Waals surface area contributed by atoms with E-state index >= 15 is 0 Å². The summed E-state index contributed by atoms with van der Waals surface area (Å²) in [7, 11) is 0. The van der Waals surface area contributed by atoms with Gasteiger partial charge in [-0.3, -0.25) is 0 Å². The molecule has 1 aromatic rings. The number of hydrogen-bond donors (Lipinski definition) is 0. The Morgan fingerprint density at radius 1 is 1.38 bits per heavy atom. The average molecular weight is 290 g/mol. The number of benzene rings is 1. The average Bonchev–Trinajstić information content (AvgIpc) is 2.09. The van der Waals surface area contributed by atoms with E-state index in [0.29, 0.717) is 6.10 Å². The number of para-hydroxylation sites is 1.